The standard InChI is InChI=1S/C35H38ClN3O4S/c1-4-22-37-35(41)33(23-28-12-7-5-8-13-28)38(24-29-20-18-26(2)19-21-29)34(40)25-39(32-17-11-16-31(36)27(32)3)44(42,43)30-14-9-6-10-15-30/h5-21,33H,4,22-25H2,1-3H3,(H,37,41). The van der Waals surface area contributed by atoms with Gasteiger partial charge in [0.05, 0.1) is 10.6 Å². The number of halogens is 1. The Bertz CT molecular complexity index is 1660. The van der Waals surface area contributed by atoms with Crippen LogP contribution >= 0.6 is 11.6 Å². The van der Waals surface area contributed by atoms with Crippen LogP contribution in [-0.2, 0) is 32.6 Å². The largest absolute Gasteiger partial charge is 0.354 e. The Morgan fingerprint density at radius 1 is 0.818 bits per heavy atom. The van der Waals surface area contributed by atoms with Gasteiger partial charge in [0.15, 0.2) is 0 Å². The first-order valence-corrected chi connectivity index (χ1v) is 16.4. The zero-order valence-corrected chi connectivity index (χ0v) is 26.8. The van der Waals surface area contributed by atoms with Crippen molar-refractivity contribution in [3.05, 3.63) is 130 Å². The molecule has 0 saturated carbocycles. The molecule has 7 nitrogen and oxygen atoms in total. The zero-order valence-electron chi connectivity index (χ0n) is 25.2. The van der Waals surface area contributed by atoms with E-state index in [0.717, 1.165) is 27.4 Å². The highest BCUT2D eigenvalue weighted by atomic mass is 35.5. The van der Waals surface area contributed by atoms with Crippen molar-refractivity contribution >= 4 is 39.1 Å². The zero-order chi connectivity index (χ0) is 31.7. The third kappa shape index (κ3) is 8.07. The first-order chi connectivity index (χ1) is 21.1. The number of nitrogens with zero attached hydrogens (tertiary/aromatic N) is 2. The van der Waals surface area contributed by atoms with E-state index in [1.807, 2.05) is 68.4 Å². The van der Waals surface area contributed by atoms with E-state index in [9.17, 15) is 18.0 Å². The van der Waals surface area contributed by atoms with Crippen molar-refractivity contribution in [1.29, 1.82) is 0 Å². The van der Waals surface area contributed by atoms with Crippen LogP contribution in [-0.4, -0.2) is 44.3 Å². The third-order valence-corrected chi connectivity index (χ3v) is 9.60. The molecule has 0 bridgehead atoms. The number of carbonyl (C=O) groups excluding carboxylic acids is 2. The number of benzene rings is 4. The van der Waals surface area contributed by atoms with Gasteiger partial charge in [-0.25, -0.2) is 8.42 Å². The minimum Gasteiger partial charge on any atom is -0.354 e. The maximum absolute atomic E-state index is 14.5. The van der Waals surface area contributed by atoms with Crippen LogP contribution in [0, 0.1) is 13.8 Å². The summed E-state index contributed by atoms with van der Waals surface area (Å²) in [5, 5.41) is 3.33. The lowest BCUT2D eigenvalue weighted by atomic mass is 10.0. The number of hydrogen-bond donors (Lipinski definition) is 1. The molecule has 0 saturated heterocycles. The molecular weight excluding hydrogens is 594 g/mol. The Morgan fingerprint density at radius 2 is 1.45 bits per heavy atom. The molecule has 0 fully saturated rings. The lowest BCUT2D eigenvalue weighted by Crippen LogP contribution is -2.53. The summed E-state index contributed by atoms with van der Waals surface area (Å²) in [6.07, 6.45) is 0.989. The summed E-state index contributed by atoms with van der Waals surface area (Å²) < 4.78 is 29.3. The van der Waals surface area contributed by atoms with E-state index >= 15 is 0 Å². The third-order valence-electron chi connectivity index (χ3n) is 7.41. The van der Waals surface area contributed by atoms with E-state index in [4.69, 9.17) is 11.6 Å². The fourth-order valence-corrected chi connectivity index (χ4v) is 6.57. The fourth-order valence-electron chi connectivity index (χ4n) is 4.91. The van der Waals surface area contributed by atoms with Gasteiger partial charge in [-0.15, -0.1) is 0 Å². The van der Waals surface area contributed by atoms with E-state index in [1.54, 1.807) is 43.3 Å². The first kappa shape index (κ1) is 32.8. The molecule has 44 heavy (non-hydrogen) atoms. The van der Waals surface area contributed by atoms with Gasteiger partial charge in [0.2, 0.25) is 11.8 Å². The molecule has 0 aliphatic carbocycles. The molecule has 4 rings (SSSR count). The second-order valence-electron chi connectivity index (χ2n) is 10.7. The average molecular weight is 632 g/mol. The summed E-state index contributed by atoms with van der Waals surface area (Å²) in [5.74, 6) is -0.815. The number of amides is 2. The lowest BCUT2D eigenvalue weighted by molar-refractivity contribution is -0.140. The maximum atomic E-state index is 14.5. The Kier molecular flexibility index (Phi) is 11.2. The number of rotatable bonds is 13. The SMILES string of the molecule is CCCNC(=O)C(Cc1ccccc1)N(Cc1ccc(C)cc1)C(=O)CN(c1cccc(Cl)c1C)S(=O)(=O)c1ccccc1. The predicted octanol–water partition coefficient (Wildman–Crippen LogP) is 6.32. The second kappa shape index (κ2) is 15.0. The van der Waals surface area contributed by atoms with Crippen LogP contribution in [0.15, 0.2) is 108 Å². The van der Waals surface area contributed by atoms with Crippen LogP contribution in [0.2, 0.25) is 5.02 Å². The smallest absolute Gasteiger partial charge is 0.264 e. The lowest BCUT2D eigenvalue weighted by Gasteiger charge is -2.34. The van der Waals surface area contributed by atoms with Crippen molar-refractivity contribution in [3.63, 3.8) is 0 Å². The van der Waals surface area contributed by atoms with Crippen molar-refractivity contribution in [2.24, 2.45) is 0 Å². The summed E-state index contributed by atoms with van der Waals surface area (Å²) in [7, 11) is -4.19. The van der Waals surface area contributed by atoms with Gasteiger partial charge in [0, 0.05) is 24.5 Å². The molecule has 2 amide bonds. The summed E-state index contributed by atoms with van der Waals surface area (Å²) >= 11 is 6.43. The number of aryl methyl sites for hydroxylation is 1. The van der Waals surface area contributed by atoms with Gasteiger partial charge in [-0.3, -0.25) is 13.9 Å². The Labute approximate surface area is 265 Å². The Balaban J connectivity index is 1.81. The van der Waals surface area contributed by atoms with Crippen LogP contribution < -0.4 is 9.62 Å². The van der Waals surface area contributed by atoms with Gasteiger partial charge in [-0.2, -0.15) is 0 Å². The molecule has 0 radical (unpaired) electrons. The Morgan fingerprint density at radius 3 is 2.09 bits per heavy atom. The molecule has 0 aliphatic rings. The van der Waals surface area contributed by atoms with E-state index < -0.39 is 28.5 Å². The highest BCUT2D eigenvalue weighted by Gasteiger charge is 2.35. The minimum absolute atomic E-state index is 0.0405. The van der Waals surface area contributed by atoms with Crippen LogP contribution in [0.1, 0.15) is 35.6 Å². The predicted molar refractivity (Wildman–Crippen MR) is 176 cm³/mol. The average Bonchev–Trinajstić information content (AvgIpc) is 3.03. The summed E-state index contributed by atoms with van der Waals surface area (Å²) in [4.78, 5) is 29.7. The van der Waals surface area contributed by atoms with Gasteiger partial charge < -0.3 is 10.2 Å². The molecule has 4 aromatic carbocycles. The second-order valence-corrected chi connectivity index (χ2v) is 13.0. The molecule has 0 aromatic heterocycles. The number of nitrogens with one attached hydrogen (secondary N) is 1. The van der Waals surface area contributed by atoms with Gasteiger partial charge in [-0.1, -0.05) is 103 Å². The van der Waals surface area contributed by atoms with Crippen LogP contribution in [0.25, 0.3) is 0 Å². The molecule has 1 atom stereocenters. The van der Waals surface area contributed by atoms with E-state index in [-0.39, 0.29) is 23.8 Å². The van der Waals surface area contributed by atoms with Gasteiger partial charge in [0.25, 0.3) is 10.0 Å². The van der Waals surface area contributed by atoms with E-state index in [2.05, 4.69) is 5.32 Å². The topological polar surface area (TPSA) is 86.8 Å². The number of hydrogen-bond acceptors (Lipinski definition) is 4. The summed E-state index contributed by atoms with van der Waals surface area (Å²) in [5.41, 5.74) is 3.57. The summed E-state index contributed by atoms with van der Waals surface area (Å²) in [6, 6.07) is 29.3. The Hall–Kier alpha value is -4.14. The van der Waals surface area contributed by atoms with Crippen LogP contribution in [0.3, 0.4) is 0 Å². The van der Waals surface area contributed by atoms with Crippen LogP contribution in [0.5, 0.6) is 0 Å². The fraction of sp³-hybridized carbons (Fsp3) is 0.257. The highest BCUT2D eigenvalue weighted by Crippen LogP contribution is 2.31. The monoisotopic (exact) mass is 631 g/mol. The van der Waals surface area contributed by atoms with Crippen molar-refractivity contribution < 1.29 is 18.0 Å². The van der Waals surface area contributed by atoms with Crippen molar-refractivity contribution in [2.45, 2.75) is 51.1 Å². The van der Waals surface area contributed by atoms with Gasteiger partial charge in [0.1, 0.15) is 12.6 Å². The molecule has 0 heterocycles. The molecule has 0 spiro atoms. The van der Waals surface area contributed by atoms with Crippen molar-refractivity contribution in [3.8, 4) is 0 Å². The molecule has 9 heteroatoms. The molecule has 1 N–H and O–H groups in total. The molecule has 230 valence electrons. The number of carbonyl (C=O) groups is 2. The molecular formula is C35H38ClN3O4S. The van der Waals surface area contributed by atoms with Crippen molar-refractivity contribution in [2.75, 3.05) is 17.4 Å². The van der Waals surface area contributed by atoms with Gasteiger partial charge in [-0.05, 0) is 61.2 Å². The van der Waals surface area contributed by atoms with Gasteiger partial charge >= 0.3 is 0 Å². The molecule has 0 aliphatic heterocycles. The highest BCUT2D eigenvalue weighted by molar-refractivity contribution is 7.92. The first-order valence-electron chi connectivity index (χ1n) is 14.6. The van der Waals surface area contributed by atoms with E-state index in [1.165, 1.54) is 17.0 Å². The molecule has 1 unspecified atom stereocenters. The van der Waals surface area contributed by atoms with E-state index in [0.29, 0.717) is 22.8 Å². The minimum atomic E-state index is -4.19. The van der Waals surface area contributed by atoms with Crippen molar-refractivity contribution in [1.82, 2.24) is 10.2 Å². The number of sulfonamides is 1. The van der Waals surface area contributed by atoms with Crippen LogP contribution in [0.4, 0.5) is 5.69 Å². The number of anilines is 1. The summed E-state index contributed by atoms with van der Waals surface area (Å²) in [6.45, 7) is 5.69. The molecule has 4 aromatic rings. The normalized spacial score (nSPS) is 11.9. The maximum Gasteiger partial charge on any atom is 0.264 e. The quantitative estimate of drug-likeness (QED) is 0.187.